The molecule has 0 aromatic heterocycles. The molecule has 0 bridgehead atoms. The van der Waals surface area contributed by atoms with Gasteiger partial charge in [0, 0.05) is 22.3 Å². The predicted molar refractivity (Wildman–Crippen MR) is 158 cm³/mol. The summed E-state index contributed by atoms with van der Waals surface area (Å²) in [5, 5.41) is 27.4. The first-order valence-corrected chi connectivity index (χ1v) is 12.6. The lowest BCUT2D eigenvalue weighted by atomic mass is 9.97. The molecule has 0 heterocycles. The first-order chi connectivity index (χ1) is 19.5. The Morgan fingerprint density at radius 2 is 0.825 bits per heavy atom. The smallest absolute Gasteiger partial charge is 0.335 e. The number of benzene rings is 5. The molecule has 0 spiro atoms. The Morgan fingerprint density at radius 3 is 1.20 bits per heavy atom. The third kappa shape index (κ3) is 3.68. The topological polar surface area (TPSA) is 74.6 Å². The molecule has 40 heavy (non-hydrogen) atoms. The largest absolute Gasteiger partial charge is 0.478 e. The van der Waals surface area contributed by atoms with Gasteiger partial charge in [0.1, 0.15) is 0 Å². The third-order valence-corrected chi connectivity index (χ3v) is 7.35. The summed E-state index contributed by atoms with van der Waals surface area (Å²) in [5.41, 5.74) is 3.85. The molecule has 0 fully saturated rings. The lowest BCUT2D eigenvalue weighted by Crippen LogP contribution is -1.94. The number of hydrogen-bond acceptors (Lipinski definition) is 2. The van der Waals surface area contributed by atoms with Gasteiger partial charge >= 0.3 is 11.9 Å². The summed E-state index contributed by atoms with van der Waals surface area (Å²) >= 11 is 0. The first kappa shape index (κ1) is 23.3. The zero-order chi connectivity index (χ0) is 27.4. The Morgan fingerprint density at radius 1 is 0.450 bits per heavy atom. The van der Waals surface area contributed by atoms with E-state index in [2.05, 4.69) is 72.2 Å². The van der Waals surface area contributed by atoms with Crippen molar-refractivity contribution >= 4 is 55.0 Å². The van der Waals surface area contributed by atoms with Gasteiger partial charge in [-0.1, -0.05) is 60.1 Å². The van der Waals surface area contributed by atoms with Crippen molar-refractivity contribution in [3.05, 3.63) is 130 Å². The van der Waals surface area contributed by atoms with Crippen LogP contribution in [-0.4, -0.2) is 22.2 Å². The van der Waals surface area contributed by atoms with E-state index in [9.17, 15) is 9.59 Å². The summed E-state index contributed by atoms with van der Waals surface area (Å²) in [6.45, 7) is 0. The fourth-order valence-corrected chi connectivity index (χ4v) is 5.47. The highest BCUT2D eigenvalue weighted by molar-refractivity contribution is 6.35. The zero-order valence-electron chi connectivity index (χ0n) is 20.9. The van der Waals surface area contributed by atoms with E-state index in [1.54, 1.807) is 48.5 Å². The van der Waals surface area contributed by atoms with Crippen LogP contribution in [-0.2, 0) is 0 Å². The molecule has 7 rings (SSSR count). The molecule has 0 amide bonds. The maximum absolute atomic E-state index is 11.2. The average Bonchev–Trinajstić information content (AvgIpc) is 3.54. The van der Waals surface area contributed by atoms with Gasteiger partial charge in [0.15, 0.2) is 0 Å². The molecule has 0 atom stereocenters. The van der Waals surface area contributed by atoms with Crippen LogP contribution in [0.3, 0.4) is 0 Å². The molecule has 0 radical (unpaired) electrons. The summed E-state index contributed by atoms with van der Waals surface area (Å²) in [7, 11) is 0. The molecule has 2 N–H and O–H groups in total. The van der Waals surface area contributed by atoms with E-state index in [4.69, 9.17) is 10.2 Å². The Balaban J connectivity index is 1.37. The van der Waals surface area contributed by atoms with Gasteiger partial charge in [-0.25, -0.2) is 9.59 Å². The van der Waals surface area contributed by atoms with Crippen molar-refractivity contribution < 1.29 is 19.8 Å². The Hall–Kier alpha value is -5.84. The molecule has 0 aliphatic carbocycles. The normalized spacial score (nSPS) is 11.0. The highest BCUT2D eigenvalue weighted by Crippen LogP contribution is 2.44. The maximum Gasteiger partial charge on any atom is 0.335 e. The first-order valence-electron chi connectivity index (χ1n) is 12.6. The summed E-state index contributed by atoms with van der Waals surface area (Å²) < 4.78 is 0. The van der Waals surface area contributed by atoms with Crippen molar-refractivity contribution in [3.8, 4) is 23.7 Å². The minimum absolute atomic E-state index is 0.236. The van der Waals surface area contributed by atoms with Gasteiger partial charge in [-0.2, -0.15) is 0 Å². The number of carboxylic acid groups (broad SMARTS) is 2. The number of hydrogen-bond donors (Lipinski definition) is 2. The minimum Gasteiger partial charge on any atom is -0.478 e. The maximum atomic E-state index is 11.2. The lowest BCUT2D eigenvalue weighted by Gasteiger charge is -2.06. The Bertz CT molecular complexity index is 2090. The predicted octanol–water partition coefficient (Wildman–Crippen LogP) is 7.37. The molecule has 0 saturated heterocycles. The molecule has 0 saturated carbocycles. The second-order valence-electron chi connectivity index (χ2n) is 9.66. The van der Waals surface area contributed by atoms with Crippen LogP contribution >= 0.6 is 0 Å². The van der Waals surface area contributed by atoms with Crippen molar-refractivity contribution in [2.75, 3.05) is 0 Å². The van der Waals surface area contributed by atoms with E-state index in [1.165, 1.54) is 10.8 Å². The molecule has 4 nitrogen and oxygen atoms in total. The molecule has 7 aromatic rings. The summed E-state index contributed by atoms with van der Waals surface area (Å²) in [6.07, 6.45) is 0. The van der Waals surface area contributed by atoms with Crippen LogP contribution in [0, 0.1) is 23.7 Å². The molecule has 0 aliphatic rings. The summed E-state index contributed by atoms with van der Waals surface area (Å²) in [4.78, 5) is 22.3. The minimum atomic E-state index is -0.957. The van der Waals surface area contributed by atoms with Crippen LogP contribution in [0.2, 0.25) is 0 Å². The third-order valence-electron chi connectivity index (χ3n) is 7.35. The summed E-state index contributed by atoms with van der Waals surface area (Å²) in [6, 6.07) is 30.0. The quantitative estimate of drug-likeness (QED) is 0.187. The van der Waals surface area contributed by atoms with E-state index in [0.29, 0.717) is 0 Å². The number of aromatic carboxylic acids is 2. The van der Waals surface area contributed by atoms with E-state index in [-0.39, 0.29) is 11.1 Å². The van der Waals surface area contributed by atoms with Gasteiger partial charge in [0.25, 0.3) is 0 Å². The van der Waals surface area contributed by atoms with Crippen LogP contribution in [0.5, 0.6) is 0 Å². The van der Waals surface area contributed by atoms with Gasteiger partial charge in [-0.3, -0.25) is 0 Å². The molecule has 4 heteroatoms. The van der Waals surface area contributed by atoms with Gasteiger partial charge in [0.05, 0.1) is 11.1 Å². The second kappa shape index (κ2) is 8.88. The Labute approximate surface area is 228 Å². The fourth-order valence-electron chi connectivity index (χ4n) is 5.47. The van der Waals surface area contributed by atoms with Gasteiger partial charge < -0.3 is 10.2 Å². The van der Waals surface area contributed by atoms with Gasteiger partial charge in [0.2, 0.25) is 0 Å². The van der Waals surface area contributed by atoms with Crippen molar-refractivity contribution in [2.24, 2.45) is 0 Å². The molecule has 0 aliphatic heterocycles. The lowest BCUT2D eigenvalue weighted by molar-refractivity contribution is 0.0686. The van der Waals surface area contributed by atoms with Crippen LogP contribution in [0.1, 0.15) is 43.0 Å². The van der Waals surface area contributed by atoms with E-state index >= 15 is 0 Å². The molecule has 7 aromatic carbocycles. The monoisotopic (exact) mass is 514 g/mol. The van der Waals surface area contributed by atoms with Gasteiger partial charge in [-0.15, -0.1) is 0 Å². The van der Waals surface area contributed by atoms with E-state index < -0.39 is 11.9 Å². The van der Waals surface area contributed by atoms with E-state index in [1.807, 2.05) is 0 Å². The SMILES string of the molecule is O=C(O)c1ccc(C#Cc2cc3c4cccc5c(C#Cc6ccc(C(=O)O)cc6)cc(c6cccc2c63)c54)cc1. The standard InChI is InChI=1S/C36H18O4/c37-35(38)23-13-7-21(8-14-23)11-17-25-19-32-30-6-2-4-28-26(18-12-22-9-15-24(16-10-22)36(39)40)20-31(34(28)30)29-5-1-3-27(25)33(29)32/h1-10,13-16,19-20H,(H,37,38)(H,39,40). The van der Waals surface area contributed by atoms with Crippen LogP contribution in [0.25, 0.3) is 43.1 Å². The number of carbonyl (C=O) groups is 2. The van der Waals surface area contributed by atoms with Crippen LogP contribution in [0.15, 0.2) is 97.1 Å². The molecule has 186 valence electrons. The van der Waals surface area contributed by atoms with Crippen molar-refractivity contribution in [1.29, 1.82) is 0 Å². The number of carboxylic acids is 2. The Kier molecular flexibility index (Phi) is 5.17. The number of fused-ring (bicyclic) bond motifs is 2. The average molecular weight is 515 g/mol. The van der Waals surface area contributed by atoms with Crippen molar-refractivity contribution in [3.63, 3.8) is 0 Å². The number of rotatable bonds is 2. The highest BCUT2D eigenvalue weighted by Gasteiger charge is 2.18. The molecular formula is C36H18O4. The van der Waals surface area contributed by atoms with Crippen molar-refractivity contribution in [1.82, 2.24) is 0 Å². The second-order valence-corrected chi connectivity index (χ2v) is 9.66. The zero-order valence-corrected chi connectivity index (χ0v) is 20.9. The highest BCUT2D eigenvalue weighted by atomic mass is 16.4. The van der Waals surface area contributed by atoms with Crippen LogP contribution in [0.4, 0.5) is 0 Å². The molecule has 0 unspecified atom stereocenters. The van der Waals surface area contributed by atoms with Crippen molar-refractivity contribution in [2.45, 2.75) is 0 Å². The molecular weight excluding hydrogens is 496 g/mol. The summed E-state index contributed by atoms with van der Waals surface area (Å²) in [5.74, 6) is 11.1. The fraction of sp³-hybridized carbons (Fsp3) is 0. The van der Waals surface area contributed by atoms with Crippen LogP contribution < -0.4 is 0 Å². The van der Waals surface area contributed by atoms with E-state index in [0.717, 1.165) is 54.6 Å². The van der Waals surface area contributed by atoms with Gasteiger partial charge in [-0.05, 0) is 104 Å².